The zero-order valence-electron chi connectivity index (χ0n) is 13.5. The normalized spacial score (nSPS) is 17.9. The van der Waals surface area contributed by atoms with Gasteiger partial charge < -0.3 is 20.9 Å². The summed E-state index contributed by atoms with van der Waals surface area (Å²) in [5.74, 6) is 0. The van der Waals surface area contributed by atoms with Crippen molar-refractivity contribution in [2.75, 3.05) is 48.3 Å². The molecular formula is C19H24N4. The van der Waals surface area contributed by atoms with Crippen molar-refractivity contribution >= 4 is 17.1 Å². The quantitative estimate of drug-likeness (QED) is 0.835. The first-order valence-corrected chi connectivity index (χ1v) is 8.47. The van der Waals surface area contributed by atoms with Crippen LogP contribution in [-0.4, -0.2) is 32.7 Å². The maximum Gasteiger partial charge on any atom is 0.0370 e. The summed E-state index contributed by atoms with van der Waals surface area (Å²) in [4.78, 5) is 4.94. The van der Waals surface area contributed by atoms with Gasteiger partial charge >= 0.3 is 0 Å². The Hall–Kier alpha value is -2.20. The third kappa shape index (κ3) is 2.99. The summed E-state index contributed by atoms with van der Waals surface area (Å²) in [5, 5.41) is 3.47. The zero-order valence-corrected chi connectivity index (χ0v) is 13.5. The molecule has 0 aromatic heterocycles. The number of hydrogen-bond donors (Lipinski definition) is 2. The Labute approximate surface area is 137 Å². The molecule has 0 atom stereocenters. The fourth-order valence-electron chi connectivity index (χ4n) is 3.57. The summed E-state index contributed by atoms with van der Waals surface area (Å²) in [5.41, 5.74) is 12.2. The van der Waals surface area contributed by atoms with Crippen LogP contribution in [0.2, 0.25) is 0 Å². The van der Waals surface area contributed by atoms with Gasteiger partial charge in [0.2, 0.25) is 0 Å². The van der Waals surface area contributed by atoms with E-state index >= 15 is 0 Å². The van der Waals surface area contributed by atoms with E-state index in [9.17, 15) is 0 Å². The van der Waals surface area contributed by atoms with E-state index in [4.69, 9.17) is 5.73 Å². The van der Waals surface area contributed by atoms with Crippen LogP contribution in [0.1, 0.15) is 11.1 Å². The van der Waals surface area contributed by atoms with Gasteiger partial charge in [-0.3, -0.25) is 0 Å². The van der Waals surface area contributed by atoms with Crippen molar-refractivity contribution in [2.45, 2.75) is 13.0 Å². The highest BCUT2D eigenvalue weighted by molar-refractivity contribution is 5.56. The third-order valence-electron chi connectivity index (χ3n) is 4.98. The number of hydrogen-bond acceptors (Lipinski definition) is 4. The van der Waals surface area contributed by atoms with Gasteiger partial charge in [0.1, 0.15) is 0 Å². The van der Waals surface area contributed by atoms with Crippen LogP contribution < -0.4 is 20.9 Å². The lowest BCUT2D eigenvalue weighted by Gasteiger charge is -2.37. The van der Waals surface area contributed by atoms with Crippen LogP contribution in [0, 0.1) is 0 Å². The lowest BCUT2D eigenvalue weighted by atomic mass is 10.00. The van der Waals surface area contributed by atoms with Crippen LogP contribution >= 0.6 is 0 Å². The topological polar surface area (TPSA) is 44.5 Å². The highest BCUT2D eigenvalue weighted by Crippen LogP contribution is 2.25. The van der Waals surface area contributed by atoms with Gasteiger partial charge in [-0.1, -0.05) is 6.07 Å². The number of nitrogens with two attached hydrogens (primary N) is 1. The number of nitrogens with zero attached hydrogens (tertiary/aromatic N) is 2. The molecule has 4 rings (SSSR count). The van der Waals surface area contributed by atoms with Gasteiger partial charge in [0.05, 0.1) is 0 Å². The lowest BCUT2D eigenvalue weighted by molar-refractivity contribution is 0.637. The number of rotatable bonds is 2. The van der Waals surface area contributed by atoms with Gasteiger partial charge in [0.25, 0.3) is 0 Å². The molecule has 4 nitrogen and oxygen atoms in total. The van der Waals surface area contributed by atoms with E-state index < -0.39 is 0 Å². The summed E-state index contributed by atoms with van der Waals surface area (Å²) < 4.78 is 0. The number of benzene rings is 2. The minimum Gasteiger partial charge on any atom is -0.399 e. The van der Waals surface area contributed by atoms with Gasteiger partial charge in [0.15, 0.2) is 0 Å². The summed E-state index contributed by atoms with van der Waals surface area (Å²) >= 11 is 0. The van der Waals surface area contributed by atoms with E-state index in [1.54, 1.807) is 0 Å². The Morgan fingerprint density at radius 2 is 1.43 bits per heavy atom. The fraction of sp³-hybridized carbons (Fsp3) is 0.368. The smallest absolute Gasteiger partial charge is 0.0370 e. The fourth-order valence-corrected chi connectivity index (χ4v) is 3.57. The number of nitrogens with one attached hydrogen (secondary N) is 1. The Morgan fingerprint density at radius 3 is 2.17 bits per heavy atom. The molecule has 2 aliphatic rings. The predicted molar refractivity (Wildman–Crippen MR) is 97.1 cm³/mol. The molecule has 1 fully saturated rings. The van der Waals surface area contributed by atoms with E-state index in [2.05, 4.69) is 45.4 Å². The van der Waals surface area contributed by atoms with Crippen LogP contribution in [0.25, 0.3) is 0 Å². The van der Waals surface area contributed by atoms with Crippen molar-refractivity contribution in [3.05, 3.63) is 53.6 Å². The van der Waals surface area contributed by atoms with Crippen LogP contribution in [0.15, 0.2) is 42.5 Å². The maximum atomic E-state index is 5.78. The van der Waals surface area contributed by atoms with E-state index in [1.807, 2.05) is 12.1 Å². The van der Waals surface area contributed by atoms with E-state index in [0.29, 0.717) is 0 Å². The molecule has 3 N–H and O–H groups in total. The first-order chi connectivity index (χ1) is 11.3. The molecular weight excluding hydrogens is 284 g/mol. The third-order valence-corrected chi connectivity index (χ3v) is 4.98. The second-order valence-corrected chi connectivity index (χ2v) is 6.45. The molecule has 0 radical (unpaired) electrons. The SMILES string of the molecule is Nc1ccc(N2CCN(c3ccc4c(c3)CNCC4)CC2)cc1. The Kier molecular flexibility index (Phi) is 3.83. The second kappa shape index (κ2) is 6.13. The van der Waals surface area contributed by atoms with Crippen molar-refractivity contribution in [1.29, 1.82) is 0 Å². The van der Waals surface area contributed by atoms with Gasteiger partial charge in [0, 0.05) is 49.8 Å². The highest BCUT2D eigenvalue weighted by atomic mass is 15.3. The van der Waals surface area contributed by atoms with Crippen molar-refractivity contribution in [3.63, 3.8) is 0 Å². The average Bonchev–Trinajstić information content (AvgIpc) is 2.62. The van der Waals surface area contributed by atoms with Crippen molar-refractivity contribution in [1.82, 2.24) is 5.32 Å². The molecule has 0 bridgehead atoms. The largest absolute Gasteiger partial charge is 0.399 e. The average molecular weight is 308 g/mol. The molecule has 23 heavy (non-hydrogen) atoms. The Balaban J connectivity index is 1.44. The van der Waals surface area contributed by atoms with E-state index in [0.717, 1.165) is 51.4 Å². The molecule has 2 aliphatic heterocycles. The first kappa shape index (κ1) is 14.4. The molecule has 2 heterocycles. The number of piperazine rings is 1. The molecule has 0 saturated carbocycles. The predicted octanol–water partition coefficient (Wildman–Crippen LogP) is 2.24. The number of anilines is 3. The van der Waals surface area contributed by atoms with Crippen molar-refractivity contribution < 1.29 is 0 Å². The minimum atomic E-state index is 0.829. The monoisotopic (exact) mass is 308 g/mol. The summed E-state index contributed by atoms with van der Waals surface area (Å²) in [6.45, 7) is 6.35. The van der Waals surface area contributed by atoms with Crippen LogP contribution in [0.5, 0.6) is 0 Å². The first-order valence-electron chi connectivity index (χ1n) is 8.47. The standard InChI is InChI=1S/C19H24N4/c20-17-2-5-18(6-3-17)22-9-11-23(12-10-22)19-4-1-15-7-8-21-14-16(15)13-19/h1-6,13,21H,7-12,14,20H2. The summed E-state index contributed by atoms with van der Waals surface area (Å²) in [6, 6.07) is 15.2. The molecule has 120 valence electrons. The molecule has 0 spiro atoms. The molecule has 2 aromatic carbocycles. The maximum absolute atomic E-state index is 5.78. The van der Waals surface area contributed by atoms with Crippen LogP contribution in [-0.2, 0) is 13.0 Å². The Bertz CT molecular complexity index is 672. The molecule has 4 heteroatoms. The van der Waals surface area contributed by atoms with Crippen molar-refractivity contribution in [3.8, 4) is 0 Å². The van der Waals surface area contributed by atoms with Gasteiger partial charge in [-0.2, -0.15) is 0 Å². The number of nitrogen functional groups attached to an aromatic ring is 1. The molecule has 0 aliphatic carbocycles. The number of fused-ring (bicyclic) bond motifs is 1. The summed E-state index contributed by atoms with van der Waals surface area (Å²) in [6.07, 6.45) is 1.15. The molecule has 0 unspecified atom stereocenters. The van der Waals surface area contributed by atoms with Gasteiger partial charge in [-0.05, 0) is 60.5 Å². The zero-order chi connectivity index (χ0) is 15.6. The van der Waals surface area contributed by atoms with E-state index in [-0.39, 0.29) is 0 Å². The highest BCUT2D eigenvalue weighted by Gasteiger charge is 2.19. The minimum absolute atomic E-state index is 0.829. The molecule has 0 amide bonds. The second-order valence-electron chi connectivity index (χ2n) is 6.45. The van der Waals surface area contributed by atoms with E-state index in [1.165, 1.54) is 22.5 Å². The van der Waals surface area contributed by atoms with Crippen LogP contribution in [0.4, 0.5) is 17.1 Å². The van der Waals surface area contributed by atoms with Gasteiger partial charge in [-0.15, -0.1) is 0 Å². The lowest BCUT2D eigenvalue weighted by Crippen LogP contribution is -2.46. The molecule has 1 saturated heterocycles. The Morgan fingerprint density at radius 1 is 0.783 bits per heavy atom. The van der Waals surface area contributed by atoms with Crippen LogP contribution in [0.3, 0.4) is 0 Å². The van der Waals surface area contributed by atoms with Gasteiger partial charge in [-0.25, -0.2) is 0 Å². The molecule has 2 aromatic rings. The van der Waals surface area contributed by atoms with Crippen molar-refractivity contribution in [2.24, 2.45) is 0 Å². The summed E-state index contributed by atoms with van der Waals surface area (Å²) in [7, 11) is 0.